The molecule has 1 N–H and O–H groups in total. The molecule has 0 aliphatic carbocycles. The van der Waals surface area contributed by atoms with Crippen LogP contribution in [0.25, 0.3) is 0 Å². The minimum absolute atomic E-state index is 0.310. The molecule has 2 rings (SSSR count). The van der Waals surface area contributed by atoms with Gasteiger partial charge in [-0.2, -0.15) is 0 Å². The van der Waals surface area contributed by atoms with E-state index in [0.29, 0.717) is 11.1 Å². The van der Waals surface area contributed by atoms with Gasteiger partial charge in [-0.3, -0.25) is 0 Å². The summed E-state index contributed by atoms with van der Waals surface area (Å²) in [6.07, 6.45) is 2.16. The van der Waals surface area contributed by atoms with Gasteiger partial charge in [0.05, 0.1) is 10.7 Å². The summed E-state index contributed by atoms with van der Waals surface area (Å²) in [6, 6.07) is 3.40. The van der Waals surface area contributed by atoms with Gasteiger partial charge < -0.3 is 10.2 Å². The molecule has 94 valence electrons. The average molecular weight is 322 g/mol. The van der Waals surface area contributed by atoms with Crippen LogP contribution in [0.4, 0.5) is 10.1 Å². The SMILES string of the molecule is CNC1CCN(c2c(Cl)cc(F)cc2Br)CC1. The lowest BCUT2D eigenvalue weighted by molar-refractivity contribution is 0.442. The Hall–Kier alpha value is -0.320. The molecule has 5 heteroatoms. The van der Waals surface area contributed by atoms with Crippen molar-refractivity contribution in [1.82, 2.24) is 5.32 Å². The number of benzene rings is 1. The molecule has 0 aromatic heterocycles. The summed E-state index contributed by atoms with van der Waals surface area (Å²) in [4.78, 5) is 2.21. The van der Waals surface area contributed by atoms with Crippen LogP contribution in [0.2, 0.25) is 5.02 Å². The second kappa shape index (κ2) is 5.55. The molecule has 0 spiro atoms. The Morgan fingerprint density at radius 3 is 2.59 bits per heavy atom. The average Bonchev–Trinajstić information content (AvgIpc) is 2.28. The van der Waals surface area contributed by atoms with E-state index in [1.165, 1.54) is 12.1 Å². The van der Waals surface area contributed by atoms with Gasteiger partial charge in [0.2, 0.25) is 0 Å². The first-order valence-electron chi connectivity index (χ1n) is 5.68. The molecular formula is C12H15BrClFN2. The van der Waals surface area contributed by atoms with Crippen LogP contribution < -0.4 is 10.2 Å². The minimum Gasteiger partial charge on any atom is -0.369 e. The van der Waals surface area contributed by atoms with E-state index in [2.05, 4.69) is 26.1 Å². The molecule has 0 saturated carbocycles. The quantitative estimate of drug-likeness (QED) is 0.898. The van der Waals surface area contributed by atoms with Gasteiger partial charge in [0, 0.05) is 23.6 Å². The van der Waals surface area contributed by atoms with E-state index in [0.717, 1.165) is 36.1 Å². The highest BCUT2D eigenvalue weighted by molar-refractivity contribution is 9.10. The Morgan fingerprint density at radius 1 is 1.41 bits per heavy atom. The second-order valence-corrected chi connectivity index (χ2v) is 5.53. The van der Waals surface area contributed by atoms with Crippen molar-refractivity contribution >= 4 is 33.2 Å². The third-order valence-corrected chi connectivity index (χ3v) is 4.09. The second-order valence-electron chi connectivity index (χ2n) is 4.27. The molecule has 1 aliphatic heterocycles. The van der Waals surface area contributed by atoms with Crippen molar-refractivity contribution in [3.8, 4) is 0 Å². The van der Waals surface area contributed by atoms with Crippen LogP contribution >= 0.6 is 27.5 Å². The maximum Gasteiger partial charge on any atom is 0.125 e. The topological polar surface area (TPSA) is 15.3 Å². The van der Waals surface area contributed by atoms with Crippen molar-refractivity contribution in [2.75, 3.05) is 25.0 Å². The number of nitrogens with one attached hydrogen (secondary N) is 1. The molecular weight excluding hydrogens is 307 g/mol. The van der Waals surface area contributed by atoms with Crippen LogP contribution in [-0.4, -0.2) is 26.2 Å². The lowest BCUT2D eigenvalue weighted by atomic mass is 10.0. The maximum absolute atomic E-state index is 13.1. The van der Waals surface area contributed by atoms with E-state index >= 15 is 0 Å². The van der Waals surface area contributed by atoms with Gasteiger partial charge in [-0.25, -0.2) is 4.39 Å². The van der Waals surface area contributed by atoms with Crippen LogP contribution in [0.1, 0.15) is 12.8 Å². The summed E-state index contributed by atoms with van der Waals surface area (Å²) < 4.78 is 13.9. The monoisotopic (exact) mass is 320 g/mol. The zero-order valence-corrected chi connectivity index (χ0v) is 12.0. The molecule has 17 heavy (non-hydrogen) atoms. The molecule has 0 bridgehead atoms. The normalized spacial score (nSPS) is 17.5. The largest absolute Gasteiger partial charge is 0.369 e. The number of hydrogen-bond acceptors (Lipinski definition) is 2. The first kappa shape index (κ1) is 13.1. The summed E-state index contributed by atoms with van der Waals surface area (Å²) in [6.45, 7) is 1.88. The third kappa shape index (κ3) is 2.92. The van der Waals surface area contributed by atoms with Gasteiger partial charge in [-0.05, 0) is 48.0 Å². The van der Waals surface area contributed by atoms with Crippen molar-refractivity contribution in [1.29, 1.82) is 0 Å². The Kier molecular flexibility index (Phi) is 4.28. The van der Waals surface area contributed by atoms with Crippen molar-refractivity contribution in [3.63, 3.8) is 0 Å². The molecule has 1 aromatic carbocycles. The van der Waals surface area contributed by atoms with Crippen molar-refractivity contribution in [2.24, 2.45) is 0 Å². The Bertz CT molecular complexity index is 382. The molecule has 0 radical (unpaired) electrons. The molecule has 1 heterocycles. The zero-order valence-electron chi connectivity index (χ0n) is 9.64. The van der Waals surface area contributed by atoms with Crippen molar-refractivity contribution < 1.29 is 4.39 Å². The van der Waals surface area contributed by atoms with Gasteiger partial charge in [-0.15, -0.1) is 0 Å². The van der Waals surface area contributed by atoms with Gasteiger partial charge in [0.25, 0.3) is 0 Å². The fourth-order valence-corrected chi connectivity index (χ4v) is 3.35. The highest BCUT2D eigenvalue weighted by Crippen LogP contribution is 2.36. The number of hydrogen-bond donors (Lipinski definition) is 1. The summed E-state index contributed by atoms with van der Waals surface area (Å²) in [7, 11) is 1.99. The van der Waals surface area contributed by atoms with E-state index in [-0.39, 0.29) is 5.82 Å². The fraction of sp³-hybridized carbons (Fsp3) is 0.500. The number of piperidine rings is 1. The fourth-order valence-electron chi connectivity index (χ4n) is 2.23. The molecule has 0 amide bonds. The van der Waals surface area contributed by atoms with Crippen LogP contribution in [0.15, 0.2) is 16.6 Å². The minimum atomic E-state index is -0.310. The Labute approximate surface area is 114 Å². The molecule has 0 atom stereocenters. The third-order valence-electron chi connectivity index (χ3n) is 3.20. The summed E-state index contributed by atoms with van der Waals surface area (Å²) in [5.41, 5.74) is 0.905. The Morgan fingerprint density at radius 2 is 2.06 bits per heavy atom. The number of nitrogens with zero attached hydrogens (tertiary/aromatic N) is 1. The highest BCUT2D eigenvalue weighted by Gasteiger charge is 2.21. The Balaban J connectivity index is 2.18. The van der Waals surface area contributed by atoms with Gasteiger partial charge in [0.15, 0.2) is 0 Å². The van der Waals surface area contributed by atoms with E-state index in [1.54, 1.807) is 0 Å². The highest BCUT2D eigenvalue weighted by atomic mass is 79.9. The summed E-state index contributed by atoms with van der Waals surface area (Å²) >= 11 is 9.50. The van der Waals surface area contributed by atoms with E-state index < -0.39 is 0 Å². The predicted molar refractivity (Wildman–Crippen MR) is 73.4 cm³/mol. The standard InChI is InChI=1S/C12H15BrClFN2/c1-16-9-2-4-17(5-3-9)12-10(13)6-8(15)7-11(12)14/h6-7,9,16H,2-5H2,1H3. The van der Waals surface area contributed by atoms with Crippen LogP contribution in [0.3, 0.4) is 0 Å². The van der Waals surface area contributed by atoms with Crippen LogP contribution in [0, 0.1) is 5.82 Å². The van der Waals surface area contributed by atoms with E-state index in [4.69, 9.17) is 11.6 Å². The molecule has 2 nitrogen and oxygen atoms in total. The van der Waals surface area contributed by atoms with E-state index in [1.807, 2.05) is 7.05 Å². The number of anilines is 1. The lowest BCUT2D eigenvalue weighted by Gasteiger charge is -2.34. The van der Waals surface area contributed by atoms with Gasteiger partial charge >= 0.3 is 0 Å². The number of halogens is 3. The first-order chi connectivity index (χ1) is 8.11. The summed E-state index contributed by atoms with van der Waals surface area (Å²) in [5.74, 6) is -0.310. The molecule has 1 aromatic rings. The van der Waals surface area contributed by atoms with Gasteiger partial charge in [-0.1, -0.05) is 11.6 Å². The van der Waals surface area contributed by atoms with Crippen LogP contribution in [0.5, 0.6) is 0 Å². The maximum atomic E-state index is 13.1. The summed E-state index contributed by atoms with van der Waals surface area (Å²) in [5, 5.41) is 3.75. The predicted octanol–water partition coefficient (Wildman–Crippen LogP) is 3.43. The molecule has 0 unspecified atom stereocenters. The van der Waals surface area contributed by atoms with Crippen LogP contribution in [-0.2, 0) is 0 Å². The molecule has 1 fully saturated rings. The number of rotatable bonds is 2. The van der Waals surface area contributed by atoms with E-state index in [9.17, 15) is 4.39 Å². The van der Waals surface area contributed by atoms with Crippen molar-refractivity contribution in [2.45, 2.75) is 18.9 Å². The smallest absolute Gasteiger partial charge is 0.125 e. The zero-order chi connectivity index (χ0) is 12.4. The first-order valence-corrected chi connectivity index (χ1v) is 6.85. The van der Waals surface area contributed by atoms with Gasteiger partial charge in [0.1, 0.15) is 5.82 Å². The van der Waals surface area contributed by atoms with Crippen molar-refractivity contribution in [3.05, 3.63) is 27.4 Å². The lowest BCUT2D eigenvalue weighted by Crippen LogP contribution is -2.41. The molecule has 1 saturated heterocycles. The molecule has 1 aliphatic rings.